The van der Waals surface area contributed by atoms with Crippen LogP contribution in [0.25, 0.3) is 0 Å². The molecular weight excluding hydrogens is 402 g/mol. The van der Waals surface area contributed by atoms with Crippen molar-refractivity contribution in [3.05, 3.63) is 88.9 Å². The van der Waals surface area contributed by atoms with E-state index >= 15 is 0 Å². The standard InChI is InChI=1S/C23H22ClN3O3/c1-2-29-22-14-17(15-25-27-23(28)26-20-9-4-3-5-10-20)11-12-21(22)30-16-18-7-6-8-19(24)13-18/h3-15H,2,16H2,1H3,(H2,26,27,28)/b25-15+. The van der Waals surface area contributed by atoms with Gasteiger partial charge in [-0.3, -0.25) is 0 Å². The summed E-state index contributed by atoms with van der Waals surface area (Å²) in [4.78, 5) is 11.9. The average Bonchev–Trinajstić information content (AvgIpc) is 2.74. The number of anilines is 1. The van der Waals surface area contributed by atoms with Crippen molar-refractivity contribution in [1.29, 1.82) is 0 Å². The van der Waals surface area contributed by atoms with Crippen LogP contribution in [-0.4, -0.2) is 18.9 Å². The first-order valence-electron chi connectivity index (χ1n) is 9.43. The van der Waals surface area contributed by atoms with Crippen LogP contribution in [0.2, 0.25) is 5.02 Å². The van der Waals surface area contributed by atoms with Crippen molar-refractivity contribution in [2.75, 3.05) is 11.9 Å². The zero-order valence-corrected chi connectivity index (χ0v) is 17.2. The van der Waals surface area contributed by atoms with Gasteiger partial charge in [0, 0.05) is 10.7 Å². The second kappa shape index (κ2) is 10.9. The van der Waals surface area contributed by atoms with Gasteiger partial charge in [-0.2, -0.15) is 5.10 Å². The molecule has 3 rings (SSSR count). The second-order valence-corrected chi connectivity index (χ2v) is 6.68. The Hall–Kier alpha value is -3.51. The normalized spacial score (nSPS) is 10.6. The minimum absolute atomic E-state index is 0.370. The maximum atomic E-state index is 11.9. The predicted molar refractivity (Wildman–Crippen MR) is 120 cm³/mol. The van der Waals surface area contributed by atoms with Gasteiger partial charge in [-0.05, 0) is 60.5 Å². The van der Waals surface area contributed by atoms with Gasteiger partial charge < -0.3 is 14.8 Å². The van der Waals surface area contributed by atoms with Gasteiger partial charge in [0.1, 0.15) is 6.61 Å². The van der Waals surface area contributed by atoms with Gasteiger partial charge in [-0.15, -0.1) is 0 Å². The van der Waals surface area contributed by atoms with Gasteiger partial charge in [-0.1, -0.05) is 41.9 Å². The monoisotopic (exact) mass is 423 g/mol. The van der Waals surface area contributed by atoms with Gasteiger partial charge in [0.05, 0.1) is 12.8 Å². The molecule has 0 aliphatic heterocycles. The molecule has 0 unspecified atom stereocenters. The average molecular weight is 424 g/mol. The molecule has 6 nitrogen and oxygen atoms in total. The van der Waals surface area contributed by atoms with Gasteiger partial charge in [0.15, 0.2) is 11.5 Å². The SMILES string of the molecule is CCOc1cc(/C=N/NC(=O)Nc2ccccc2)ccc1OCc1cccc(Cl)c1. The third-order valence-corrected chi connectivity index (χ3v) is 4.20. The maximum Gasteiger partial charge on any atom is 0.339 e. The minimum Gasteiger partial charge on any atom is -0.490 e. The lowest BCUT2D eigenvalue weighted by atomic mass is 10.2. The van der Waals surface area contributed by atoms with Crippen molar-refractivity contribution in [2.45, 2.75) is 13.5 Å². The molecule has 3 aromatic carbocycles. The van der Waals surface area contributed by atoms with Gasteiger partial charge in [0.25, 0.3) is 0 Å². The first-order chi connectivity index (χ1) is 14.6. The zero-order valence-electron chi connectivity index (χ0n) is 16.5. The Morgan fingerprint density at radius 2 is 1.83 bits per heavy atom. The molecule has 0 saturated heterocycles. The number of para-hydroxylation sites is 1. The smallest absolute Gasteiger partial charge is 0.339 e. The van der Waals surface area contributed by atoms with Crippen LogP contribution in [0.3, 0.4) is 0 Å². The Morgan fingerprint density at radius 3 is 2.60 bits per heavy atom. The predicted octanol–water partition coefficient (Wildman–Crippen LogP) is 5.47. The van der Waals surface area contributed by atoms with E-state index in [0.29, 0.717) is 35.4 Å². The van der Waals surface area contributed by atoms with Crippen LogP contribution < -0.4 is 20.2 Å². The number of rotatable bonds is 8. The molecule has 0 aliphatic rings. The van der Waals surface area contributed by atoms with E-state index in [1.54, 1.807) is 24.3 Å². The summed E-state index contributed by atoms with van der Waals surface area (Å²) in [5.41, 5.74) is 4.84. The molecule has 0 spiro atoms. The van der Waals surface area contributed by atoms with Gasteiger partial charge in [-0.25, -0.2) is 10.2 Å². The van der Waals surface area contributed by atoms with Gasteiger partial charge >= 0.3 is 6.03 Å². The molecular formula is C23H22ClN3O3. The number of carbonyl (C=O) groups is 1. The highest BCUT2D eigenvalue weighted by molar-refractivity contribution is 6.30. The number of hydrogen-bond donors (Lipinski definition) is 2. The molecule has 0 fully saturated rings. The Morgan fingerprint density at radius 1 is 1.00 bits per heavy atom. The Labute approximate surface area is 180 Å². The van der Waals surface area contributed by atoms with E-state index < -0.39 is 6.03 Å². The number of halogens is 1. The topological polar surface area (TPSA) is 72.0 Å². The van der Waals surface area contributed by atoms with Crippen molar-refractivity contribution in [3.63, 3.8) is 0 Å². The summed E-state index contributed by atoms with van der Waals surface area (Å²) in [7, 11) is 0. The molecule has 0 aromatic heterocycles. The number of hydrogen-bond acceptors (Lipinski definition) is 4. The molecule has 7 heteroatoms. The number of amides is 2. The molecule has 30 heavy (non-hydrogen) atoms. The van der Waals surface area contributed by atoms with Crippen LogP contribution in [0.1, 0.15) is 18.1 Å². The third-order valence-electron chi connectivity index (χ3n) is 3.96. The highest BCUT2D eigenvalue weighted by Gasteiger charge is 2.07. The summed E-state index contributed by atoms with van der Waals surface area (Å²) in [6.07, 6.45) is 1.54. The van der Waals surface area contributed by atoms with E-state index in [4.69, 9.17) is 21.1 Å². The van der Waals surface area contributed by atoms with Crippen LogP contribution in [0.5, 0.6) is 11.5 Å². The van der Waals surface area contributed by atoms with Crippen LogP contribution in [0, 0.1) is 0 Å². The fourth-order valence-corrected chi connectivity index (χ4v) is 2.84. The number of carbonyl (C=O) groups excluding carboxylic acids is 1. The summed E-state index contributed by atoms with van der Waals surface area (Å²) in [6, 6.07) is 21.6. The molecule has 154 valence electrons. The lowest BCUT2D eigenvalue weighted by Gasteiger charge is -2.13. The van der Waals surface area contributed by atoms with Crippen LogP contribution in [0.15, 0.2) is 77.9 Å². The molecule has 0 aliphatic carbocycles. The molecule has 0 heterocycles. The minimum atomic E-state index is -0.427. The number of nitrogens with one attached hydrogen (secondary N) is 2. The van der Waals surface area contributed by atoms with E-state index in [2.05, 4.69) is 15.8 Å². The first-order valence-corrected chi connectivity index (χ1v) is 9.81. The number of hydrazone groups is 1. The fourth-order valence-electron chi connectivity index (χ4n) is 2.63. The van der Waals surface area contributed by atoms with Crippen molar-refractivity contribution < 1.29 is 14.3 Å². The quantitative estimate of drug-likeness (QED) is 0.372. The summed E-state index contributed by atoms with van der Waals surface area (Å²) in [5, 5.41) is 7.32. The second-order valence-electron chi connectivity index (χ2n) is 6.25. The zero-order chi connectivity index (χ0) is 21.2. The molecule has 0 saturated carbocycles. The summed E-state index contributed by atoms with van der Waals surface area (Å²) in [5.74, 6) is 1.21. The van der Waals surface area contributed by atoms with Crippen molar-refractivity contribution >= 4 is 29.5 Å². The highest BCUT2D eigenvalue weighted by Crippen LogP contribution is 2.29. The van der Waals surface area contributed by atoms with Crippen LogP contribution in [0.4, 0.5) is 10.5 Å². The number of nitrogens with zero attached hydrogens (tertiary/aromatic N) is 1. The fraction of sp³-hybridized carbons (Fsp3) is 0.130. The summed E-state index contributed by atoms with van der Waals surface area (Å²) in [6.45, 7) is 2.76. The molecule has 2 N–H and O–H groups in total. The molecule has 0 atom stereocenters. The van der Waals surface area contributed by atoms with E-state index in [9.17, 15) is 4.79 Å². The number of ether oxygens (including phenoxy) is 2. The van der Waals surface area contributed by atoms with Crippen molar-refractivity contribution in [2.24, 2.45) is 5.10 Å². The molecule has 3 aromatic rings. The number of urea groups is 1. The summed E-state index contributed by atoms with van der Waals surface area (Å²) >= 11 is 6.02. The lowest BCUT2D eigenvalue weighted by Crippen LogP contribution is -2.24. The lowest BCUT2D eigenvalue weighted by molar-refractivity contribution is 0.252. The third kappa shape index (κ3) is 6.53. The maximum absolute atomic E-state index is 11.9. The largest absolute Gasteiger partial charge is 0.490 e. The Balaban J connectivity index is 1.60. The first kappa shape index (κ1) is 21.2. The van der Waals surface area contributed by atoms with E-state index in [-0.39, 0.29) is 0 Å². The Kier molecular flexibility index (Phi) is 7.69. The van der Waals surface area contributed by atoms with Crippen LogP contribution in [-0.2, 0) is 6.61 Å². The Bertz CT molecular complexity index is 1010. The number of benzene rings is 3. The van der Waals surface area contributed by atoms with E-state index in [1.807, 2.05) is 55.5 Å². The highest BCUT2D eigenvalue weighted by atomic mass is 35.5. The summed E-state index contributed by atoms with van der Waals surface area (Å²) < 4.78 is 11.6. The molecule has 0 radical (unpaired) electrons. The van der Waals surface area contributed by atoms with Crippen molar-refractivity contribution in [3.8, 4) is 11.5 Å². The van der Waals surface area contributed by atoms with Crippen LogP contribution >= 0.6 is 11.6 Å². The van der Waals surface area contributed by atoms with Crippen molar-refractivity contribution in [1.82, 2.24) is 5.43 Å². The van der Waals surface area contributed by atoms with E-state index in [0.717, 1.165) is 11.1 Å². The molecule has 2 amide bonds. The van der Waals surface area contributed by atoms with Gasteiger partial charge in [0.2, 0.25) is 0 Å². The van der Waals surface area contributed by atoms with E-state index in [1.165, 1.54) is 6.21 Å². The molecule has 0 bridgehead atoms.